The van der Waals surface area contributed by atoms with E-state index >= 15 is 0 Å². The second-order valence-corrected chi connectivity index (χ2v) is 9.76. The van der Waals surface area contributed by atoms with Gasteiger partial charge >= 0.3 is 5.97 Å². The molecule has 182 valence electrons. The fraction of sp³-hybridized carbons (Fsp3) is 0.259. The lowest BCUT2D eigenvalue weighted by Crippen LogP contribution is -2.25. The summed E-state index contributed by atoms with van der Waals surface area (Å²) in [6.45, 7) is -0.292. The quantitative estimate of drug-likeness (QED) is 0.292. The van der Waals surface area contributed by atoms with E-state index in [-0.39, 0.29) is 18.6 Å². The Morgan fingerprint density at radius 2 is 1.54 bits per heavy atom. The highest BCUT2D eigenvalue weighted by Crippen LogP contribution is 2.27. The predicted octanol–water partition coefficient (Wildman–Crippen LogP) is 4.14. The van der Waals surface area contributed by atoms with Crippen molar-refractivity contribution in [2.75, 3.05) is 51.2 Å². The largest absolute Gasteiger partial charge is 0.491 e. The van der Waals surface area contributed by atoms with Crippen LogP contribution < -0.4 is 20.0 Å². The lowest BCUT2D eigenvalue weighted by atomic mass is 10.1. The van der Waals surface area contributed by atoms with Crippen LogP contribution in [0.1, 0.15) is 10.4 Å². The van der Waals surface area contributed by atoms with Crippen molar-refractivity contribution in [1.82, 2.24) is 0 Å². The zero-order valence-electron chi connectivity index (χ0n) is 20.1. The SMILES string of the molecule is CN(C)c1cc(C(=O)OCC(O)COc2ccc3sc4ccccc4c(=O)c3c2)cc(N(C)C)c1. The van der Waals surface area contributed by atoms with Crippen molar-refractivity contribution < 1.29 is 19.4 Å². The number of hydrogen-bond acceptors (Lipinski definition) is 8. The number of rotatable bonds is 8. The summed E-state index contributed by atoms with van der Waals surface area (Å²) < 4.78 is 12.8. The molecule has 35 heavy (non-hydrogen) atoms. The van der Waals surface area contributed by atoms with E-state index < -0.39 is 12.1 Å². The van der Waals surface area contributed by atoms with Crippen LogP contribution in [0.25, 0.3) is 20.2 Å². The number of fused-ring (bicyclic) bond motifs is 2. The molecule has 0 fully saturated rings. The van der Waals surface area contributed by atoms with Crippen LogP contribution in [0.15, 0.2) is 65.5 Å². The summed E-state index contributed by atoms with van der Waals surface area (Å²) in [5, 5.41) is 11.6. The van der Waals surface area contributed by atoms with Gasteiger partial charge in [0.1, 0.15) is 25.1 Å². The molecule has 0 aliphatic carbocycles. The molecule has 1 heterocycles. The van der Waals surface area contributed by atoms with Crippen molar-refractivity contribution in [3.05, 3.63) is 76.5 Å². The molecule has 0 saturated heterocycles. The highest BCUT2D eigenvalue weighted by atomic mass is 32.1. The molecule has 3 aromatic carbocycles. The molecule has 1 unspecified atom stereocenters. The Morgan fingerprint density at radius 1 is 0.886 bits per heavy atom. The topological polar surface area (TPSA) is 79.3 Å². The van der Waals surface area contributed by atoms with Gasteiger partial charge in [0.05, 0.1) is 5.56 Å². The molecule has 0 aliphatic heterocycles. The number of benzene rings is 3. The number of carbonyl (C=O) groups is 1. The van der Waals surface area contributed by atoms with E-state index in [1.165, 1.54) is 0 Å². The molecule has 0 aliphatic rings. The van der Waals surface area contributed by atoms with E-state index in [9.17, 15) is 14.7 Å². The summed E-state index contributed by atoms with van der Waals surface area (Å²) in [6.07, 6.45) is -1.02. The van der Waals surface area contributed by atoms with Crippen LogP contribution >= 0.6 is 11.3 Å². The van der Waals surface area contributed by atoms with E-state index in [0.717, 1.165) is 20.8 Å². The Balaban J connectivity index is 1.40. The molecular weight excluding hydrogens is 464 g/mol. The molecule has 0 spiro atoms. The second kappa shape index (κ2) is 10.3. The molecule has 1 aromatic heterocycles. The Bertz CT molecular complexity index is 1400. The molecule has 0 bridgehead atoms. The number of carbonyl (C=O) groups excluding carboxylic acids is 1. The highest BCUT2D eigenvalue weighted by Gasteiger charge is 2.15. The van der Waals surface area contributed by atoms with E-state index in [4.69, 9.17) is 9.47 Å². The molecule has 8 heteroatoms. The molecule has 7 nitrogen and oxygen atoms in total. The molecule has 4 rings (SSSR count). The fourth-order valence-electron chi connectivity index (χ4n) is 3.60. The maximum atomic E-state index is 12.9. The fourth-order valence-corrected chi connectivity index (χ4v) is 4.65. The third kappa shape index (κ3) is 5.55. The Kier molecular flexibility index (Phi) is 7.23. The molecular formula is C27H28N2O5S. The van der Waals surface area contributed by atoms with Gasteiger partial charge in [0, 0.05) is 59.7 Å². The van der Waals surface area contributed by atoms with Gasteiger partial charge in [-0.05, 0) is 48.5 Å². The second-order valence-electron chi connectivity index (χ2n) is 8.68. The molecule has 1 N–H and O–H groups in total. The molecule has 0 radical (unpaired) electrons. The van der Waals surface area contributed by atoms with Crippen LogP contribution in [-0.2, 0) is 4.74 Å². The van der Waals surface area contributed by atoms with Gasteiger partial charge in [-0.2, -0.15) is 0 Å². The maximum Gasteiger partial charge on any atom is 0.338 e. The summed E-state index contributed by atoms with van der Waals surface area (Å²) >= 11 is 1.54. The van der Waals surface area contributed by atoms with E-state index in [0.29, 0.717) is 22.1 Å². The Labute approximate surface area is 207 Å². The monoisotopic (exact) mass is 492 g/mol. The number of esters is 1. The smallest absolute Gasteiger partial charge is 0.338 e. The summed E-state index contributed by atoms with van der Waals surface area (Å²) in [5.74, 6) is -0.0531. The van der Waals surface area contributed by atoms with E-state index in [2.05, 4.69) is 0 Å². The van der Waals surface area contributed by atoms with Gasteiger partial charge < -0.3 is 24.4 Å². The van der Waals surface area contributed by atoms with E-state index in [1.54, 1.807) is 35.6 Å². The number of aliphatic hydroxyl groups excluding tert-OH is 1. The molecule has 0 amide bonds. The van der Waals surface area contributed by atoms with Gasteiger partial charge in [-0.25, -0.2) is 4.79 Å². The van der Waals surface area contributed by atoms with Crippen molar-refractivity contribution in [3.63, 3.8) is 0 Å². The van der Waals surface area contributed by atoms with Crippen molar-refractivity contribution in [2.24, 2.45) is 0 Å². The lowest BCUT2D eigenvalue weighted by Gasteiger charge is -2.20. The van der Waals surface area contributed by atoms with Gasteiger partial charge in [0.2, 0.25) is 0 Å². The van der Waals surface area contributed by atoms with Crippen LogP contribution in [0.3, 0.4) is 0 Å². The van der Waals surface area contributed by atoms with Crippen LogP contribution in [0.2, 0.25) is 0 Å². The third-order valence-corrected chi connectivity index (χ3v) is 6.72. The minimum atomic E-state index is -1.02. The van der Waals surface area contributed by atoms with Crippen LogP contribution in [0.5, 0.6) is 5.75 Å². The first-order valence-corrected chi connectivity index (χ1v) is 12.0. The lowest BCUT2D eigenvalue weighted by molar-refractivity contribution is 0.0130. The molecule has 4 aromatic rings. The molecule has 1 atom stereocenters. The van der Waals surface area contributed by atoms with Crippen LogP contribution in [-0.4, -0.2) is 58.6 Å². The first kappa shape index (κ1) is 24.5. The van der Waals surface area contributed by atoms with Gasteiger partial charge in [-0.3, -0.25) is 4.79 Å². The van der Waals surface area contributed by atoms with Gasteiger partial charge in [-0.1, -0.05) is 12.1 Å². The minimum absolute atomic E-state index is 0.0497. The average Bonchev–Trinajstić information content (AvgIpc) is 2.86. The van der Waals surface area contributed by atoms with Crippen molar-refractivity contribution in [2.45, 2.75) is 6.10 Å². The number of nitrogens with zero attached hydrogens (tertiary/aromatic N) is 2. The van der Waals surface area contributed by atoms with Crippen LogP contribution in [0.4, 0.5) is 11.4 Å². The summed E-state index contributed by atoms with van der Waals surface area (Å²) in [7, 11) is 7.60. The predicted molar refractivity (Wildman–Crippen MR) is 142 cm³/mol. The van der Waals surface area contributed by atoms with Crippen molar-refractivity contribution in [1.29, 1.82) is 0 Å². The van der Waals surface area contributed by atoms with Gasteiger partial charge in [0.15, 0.2) is 5.43 Å². The average molecular weight is 493 g/mol. The number of anilines is 2. The summed E-state index contributed by atoms with van der Waals surface area (Å²) in [5.41, 5.74) is 2.09. The zero-order valence-corrected chi connectivity index (χ0v) is 21.0. The zero-order chi connectivity index (χ0) is 25.1. The third-order valence-electron chi connectivity index (χ3n) is 5.57. The van der Waals surface area contributed by atoms with Crippen molar-refractivity contribution in [3.8, 4) is 5.75 Å². The molecule has 0 saturated carbocycles. The maximum absolute atomic E-state index is 12.9. The first-order chi connectivity index (χ1) is 16.7. The summed E-state index contributed by atoms with van der Waals surface area (Å²) in [6, 6.07) is 18.3. The van der Waals surface area contributed by atoms with Gasteiger partial charge in [0.25, 0.3) is 0 Å². The van der Waals surface area contributed by atoms with Crippen LogP contribution in [0, 0.1) is 0 Å². The van der Waals surface area contributed by atoms with Gasteiger partial charge in [-0.15, -0.1) is 11.3 Å². The minimum Gasteiger partial charge on any atom is -0.491 e. The standard InChI is InChI=1S/C27H28N2O5S/c1-28(2)18-11-17(12-19(13-18)29(3)4)27(32)34-16-20(30)15-33-21-9-10-25-23(14-21)26(31)22-7-5-6-8-24(22)35-25/h5-14,20,30H,15-16H2,1-4H3. The van der Waals surface area contributed by atoms with Crippen molar-refractivity contribution >= 4 is 48.9 Å². The first-order valence-electron chi connectivity index (χ1n) is 11.2. The Hall–Kier alpha value is -3.62. The number of hydrogen-bond donors (Lipinski definition) is 1. The Morgan fingerprint density at radius 3 is 2.23 bits per heavy atom. The number of ether oxygens (including phenoxy) is 2. The van der Waals surface area contributed by atoms with E-state index in [1.807, 2.05) is 74.4 Å². The number of aliphatic hydroxyl groups is 1. The normalized spacial score (nSPS) is 11.9. The highest BCUT2D eigenvalue weighted by molar-refractivity contribution is 7.24. The summed E-state index contributed by atoms with van der Waals surface area (Å²) in [4.78, 5) is 29.3.